The minimum atomic E-state index is -3.51. The van der Waals surface area contributed by atoms with Gasteiger partial charge in [-0.25, -0.2) is 8.42 Å². The van der Waals surface area contributed by atoms with Crippen molar-refractivity contribution in [1.29, 1.82) is 0 Å². The summed E-state index contributed by atoms with van der Waals surface area (Å²) in [5, 5.41) is 10.1. The van der Waals surface area contributed by atoms with Crippen molar-refractivity contribution in [2.24, 2.45) is 11.5 Å². The third-order valence-corrected chi connectivity index (χ3v) is 6.12. The summed E-state index contributed by atoms with van der Waals surface area (Å²) in [6.45, 7) is 5.01. The van der Waals surface area contributed by atoms with Crippen molar-refractivity contribution in [3.63, 3.8) is 0 Å². The second kappa shape index (κ2) is 8.49. The molecular formula is C18H29N3O4S. The van der Waals surface area contributed by atoms with Crippen molar-refractivity contribution in [3.8, 4) is 5.75 Å². The van der Waals surface area contributed by atoms with Crippen LogP contribution in [0.1, 0.15) is 36.0 Å². The van der Waals surface area contributed by atoms with Gasteiger partial charge < -0.3 is 21.3 Å². The second-order valence-corrected chi connectivity index (χ2v) is 8.69. The summed E-state index contributed by atoms with van der Waals surface area (Å²) >= 11 is 0. The molecule has 1 aliphatic rings. The Labute approximate surface area is 155 Å². The smallest absolute Gasteiger partial charge is 0.236 e. The molecule has 2 rings (SSSR count). The molecule has 1 fully saturated rings. The number of aliphatic hydroxyl groups excluding tert-OH is 1. The van der Waals surface area contributed by atoms with Crippen molar-refractivity contribution in [2.75, 3.05) is 26.3 Å². The van der Waals surface area contributed by atoms with Crippen molar-refractivity contribution in [1.82, 2.24) is 4.31 Å². The van der Waals surface area contributed by atoms with Gasteiger partial charge >= 0.3 is 0 Å². The molecule has 1 aliphatic heterocycles. The van der Waals surface area contributed by atoms with E-state index >= 15 is 0 Å². The molecule has 1 heterocycles. The Morgan fingerprint density at radius 2 is 1.81 bits per heavy atom. The van der Waals surface area contributed by atoms with E-state index in [0.29, 0.717) is 44.7 Å². The largest absolute Gasteiger partial charge is 0.493 e. The van der Waals surface area contributed by atoms with Crippen LogP contribution >= 0.6 is 0 Å². The number of piperidine rings is 1. The molecule has 0 amide bonds. The molecule has 26 heavy (non-hydrogen) atoms. The van der Waals surface area contributed by atoms with Gasteiger partial charge in [-0.05, 0) is 61.6 Å². The first-order chi connectivity index (χ1) is 12.1. The van der Waals surface area contributed by atoms with Gasteiger partial charge in [0.2, 0.25) is 10.0 Å². The van der Waals surface area contributed by atoms with Crippen molar-refractivity contribution in [2.45, 2.75) is 38.8 Å². The van der Waals surface area contributed by atoms with Gasteiger partial charge in [0.1, 0.15) is 5.75 Å². The zero-order valence-corrected chi connectivity index (χ0v) is 16.3. The average molecular weight is 384 g/mol. The van der Waals surface area contributed by atoms with Gasteiger partial charge in [0, 0.05) is 31.5 Å². The highest BCUT2D eigenvalue weighted by molar-refractivity contribution is 7.92. The number of hydrogen-bond acceptors (Lipinski definition) is 6. The molecule has 8 heteroatoms. The molecule has 0 aromatic heterocycles. The number of hydrogen-bond donors (Lipinski definition) is 3. The van der Waals surface area contributed by atoms with Crippen LogP contribution in [0.3, 0.4) is 0 Å². The summed E-state index contributed by atoms with van der Waals surface area (Å²) in [6, 6.07) is 3.74. The molecular weight excluding hydrogens is 354 g/mol. The number of rotatable bonds is 7. The third kappa shape index (κ3) is 5.52. The lowest BCUT2D eigenvalue weighted by molar-refractivity contribution is 0.233. The van der Waals surface area contributed by atoms with Gasteiger partial charge in [-0.2, -0.15) is 4.31 Å². The van der Waals surface area contributed by atoms with Crippen LogP contribution < -0.4 is 16.2 Å². The monoisotopic (exact) mass is 383 g/mol. The Kier molecular flexibility index (Phi) is 6.81. The second-order valence-electron chi connectivity index (χ2n) is 6.88. The van der Waals surface area contributed by atoms with Crippen LogP contribution in [0.4, 0.5) is 0 Å². The highest BCUT2D eigenvalue weighted by atomic mass is 32.2. The molecule has 0 radical (unpaired) electrons. The minimum absolute atomic E-state index is 0.0859. The average Bonchev–Trinajstić information content (AvgIpc) is 2.54. The maximum Gasteiger partial charge on any atom is 0.236 e. The molecule has 7 nitrogen and oxygen atoms in total. The summed E-state index contributed by atoms with van der Waals surface area (Å²) in [4.78, 5) is 0. The Bertz CT molecular complexity index is 727. The summed E-state index contributed by atoms with van der Waals surface area (Å²) in [5.74, 6) is 0.715. The SMILES string of the molecule is Cc1cc(OCCCO)cc(C)c1/C=C/S(=O)(=O)N1CCC(N)(N)CC1. The number of benzene rings is 1. The van der Waals surface area contributed by atoms with E-state index in [2.05, 4.69) is 0 Å². The number of aryl methyl sites for hydroxylation is 2. The van der Waals surface area contributed by atoms with E-state index in [1.54, 1.807) is 6.08 Å². The van der Waals surface area contributed by atoms with Gasteiger partial charge in [-0.1, -0.05) is 0 Å². The van der Waals surface area contributed by atoms with E-state index in [1.165, 1.54) is 9.71 Å². The van der Waals surface area contributed by atoms with Crippen LogP contribution in [-0.2, 0) is 10.0 Å². The Morgan fingerprint density at radius 3 is 2.35 bits per heavy atom. The van der Waals surface area contributed by atoms with Crippen molar-refractivity contribution >= 4 is 16.1 Å². The van der Waals surface area contributed by atoms with E-state index in [0.717, 1.165) is 16.7 Å². The van der Waals surface area contributed by atoms with Crippen LogP contribution in [0.25, 0.3) is 6.08 Å². The van der Waals surface area contributed by atoms with Crippen LogP contribution in [-0.4, -0.2) is 49.8 Å². The summed E-state index contributed by atoms with van der Waals surface area (Å²) in [7, 11) is -3.51. The van der Waals surface area contributed by atoms with Gasteiger partial charge in [0.25, 0.3) is 0 Å². The van der Waals surface area contributed by atoms with Crippen molar-refractivity contribution < 1.29 is 18.3 Å². The van der Waals surface area contributed by atoms with Crippen LogP contribution in [0.5, 0.6) is 5.75 Å². The molecule has 0 aliphatic carbocycles. The zero-order valence-electron chi connectivity index (χ0n) is 15.4. The molecule has 1 aromatic rings. The normalized spacial score (nSPS) is 18.3. The van der Waals surface area contributed by atoms with Crippen molar-refractivity contribution in [3.05, 3.63) is 34.2 Å². The number of aliphatic hydroxyl groups is 1. The first-order valence-corrected chi connectivity index (χ1v) is 10.3. The first-order valence-electron chi connectivity index (χ1n) is 8.75. The third-order valence-electron chi connectivity index (χ3n) is 4.56. The van der Waals surface area contributed by atoms with E-state index in [9.17, 15) is 8.42 Å². The number of ether oxygens (including phenoxy) is 1. The molecule has 5 N–H and O–H groups in total. The van der Waals surface area contributed by atoms with Gasteiger partial charge in [0.05, 0.1) is 12.3 Å². The lowest BCUT2D eigenvalue weighted by atomic mass is 10.0. The lowest BCUT2D eigenvalue weighted by Gasteiger charge is -2.35. The number of sulfonamides is 1. The van der Waals surface area contributed by atoms with Crippen LogP contribution in [0.15, 0.2) is 17.5 Å². The predicted molar refractivity (Wildman–Crippen MR) is 103 cm³/mol. The Hall–Kier alpha value is -1.45. The molecule has 0 bridgehead atoms. The molecule has 0 unspecified atom stereocenters. The predicted octanol–water partition coefficient (Wildman–Crippen LogP) is 1.07. The van der Waals surface area contributed by atoms with Crippen LogP contribution in [0.2, 0.25) is 0 Å². The van der Waals surface area contributed by atoms with E-state index in [-0.39, 0.29) is 6.61 Å². The topological polar surface area (TPSA) is 119 Å². The fourth-order valence-corrected chi connectivity index (χ4v) is 4.10. The molecule has 0 spiro atoms. The Morgan fingerprint density at radius 1 is 1.23 bits per heavy atom. The quantitative estimate of drug-likeness (QED) is 0.479. The standard InChI is InChI=1S/C18H29N3O4S/c1-14-12-16(25-10-3-9-22)13-15(2)17(14)4-11-26(23,24)21-7-5-18(19,20)6-8-21/h4,11-13,22H,3,5-10,19-20H2,1-2H3/b11-4+. The van der Waals surface area contributed by atoms with E-state index in [1.807, 2.05) is 26.0 Å². The number of nitrogens with two attached hydrogens (primary N) is 2. The summed E-state index contributed by atoms with van der Waals surface area (Å²) < 4.78 is 32.1. The lowest BCUT2D eigenvalue weighted by Crippen LogP contribution is -2.57. The summed E-state index contributed by atoms with van der Waals surface area (Å²) in [6.07, 6.45) is 3.08. The first kappa shape index (κ1) is 20.9. The molecule has 1 saturated heterocycles. The fraction of sp³-hybridized carbons (Fsp3) is 0.556. The summed E-state index contributed by atoms with van der Waals surface area (Å²) in [5.41, 5.74) is 13.6. The molecule has 146 valence electrons. The molecule has 1 aromatic carbocycles. The fourth-order valence-electron chi connectivity index (χ4n) is 2.93. The highest BCUT2D eigenvalue weighted by Crippen LogP contribution is 2.24. The highest BCUT2D eigenvalue weighted by Gasteiger charge is 2.31. The van der Waals surface area contributed by atoms with E-state index < -0.39 is 15.7 Å². The minimum Gasteiger partial charge on any atom is -0.493 e. The zero-order chi connectivity index (χ0) is 19.4. The van der Waals surface area contributed by atoms with Gasteiger partial charge in [-0.15, -0.1) is 0 Å². The van der Waals surface area contributed by atoms with Gasteiger partial charge in [0.15, 0.2) is 0 Å². The van der Waals surface area contributed by atoms with Gasteiger partial charge in [-0.3, -0.25) is 0 Å². The number of nitrogens with zero attached hydrogens (tertiary/aromatic N) is 1. The Balaban J connectivity index is 2.11. The maximum atomic E-state index is 12.5. The maximum absolute atomic E-state index is 12.5. The molecule has 0 atom stereocenters. The molecule has 0 saturated carbocycles. The van der Waals surface area contributed by atoms with Crippen LogP contribution in [0, 0.1) is 13.8 Å². The van der Waals surface area contributed by atoms with E-state index in [4.69, 9.17) is 21.3 Å².